The summed E-state index contributed by atoms with van der Waals surface area (Å²) in [6, 6.07) is -0.0216. The Morgan fingerprint density at radius 3 is 2.73 bits per heavy atom. The lowest BCUT2D eigenvalue weighted by atomic mass is 10.0. The number of imidazole rings is 1. The highest BCUT2D eigenvalue weighted by Crippen LogP contribution is 2.19. The number of likely N-dealkylation sites (tertiary alicyclic amines) is 1. The van der Waals surface area contributed by atoms with E-state index in [0.29, 0.717) is 11.7 Å². The zero-order valence-corrected chi connectivity index (χ0v) is 14.7. The zero-order chi connectivity index (χ0) is 15.9. The van der Waals surface area contributed by atoms with Gasteiger partial charge < -0.3 is 14.8 Å². The minimum atomic E-state index is -0.0216. The van der Waals surface area contributed by atoms with Gasteiger partial charge in [-0.2, -0.15) is 11.8 Å². The highest BCUT2D eigenvalue weighted by atomic mass is 32.2. The fourth-order valence-electron chi connectivity index (χ4n) is 2.79. The molecule has 1 aliphatic rings. The maximum absolute atomic E-state index is 12.2. The van der Waals surface area contributed by atoms with Gasteiger partial charge in [0.1, 0.15) is 5.82 Å². The third kappa shape index (κ3) is 5.02. The van der Waals surface area contributed by atoms with E-state index in [1.165, 1.54) is 25.9 Å². The predicted molar refractivity (Wildman–Crippen MR) is 91.9 cm³/mol. The van der Waals surface area contributed by atoms with Crippen LogP contribution in [0.5, 0.6) is 0 Å². The summed E-state index contributed by atoms with van der Waals surface area (Å²) in [7, 11) is 1.97. The van der Waals surface area contributed by atoms with E-state index < -0.39 is 0 Å². The number of nitrogens with one attached hydrogen (secondary N) is 1. The van der Waals surface area contributed by atoms with Crippen molar-refractivity contribution in [2.24, 2.45) is 13.0 Å². The lowest BCUT2D eigenvalue weighted by Gasteiger charge is -2.22. The van der Waals surface area contributed by atoms with Crippen LogP contribution >= 0.6 is 11.8 Å². The molecule has 0 unspecified atom stereocenters. The topological polar surface area (TPSA) is 50.2 Å². The molecule has 1 aliphatic heterocycles. The van der Waals surface area contributed by atoms with Crippen molar-refractivity contribution >= 4 is 17.7 Å². The Kier molecular flexibility index (Phi) is 6.76. The first-order chi connectivity index (χ1) is 10.6. The molecule has 1 atom stereocenters. The van der Waals surface area contributed by atoms with Gasteiger partial charge in [-0.15, -0.1) is 0 Å². The first-order valence-electron chi connectivity index (χ1n) is 8.14. The molecule has 0 aromatic carbocycles. The van der Waals surface area contributed by atoms with Crippen molar-refractivity contribution in [2.45, 2.75) is 32.7 Å². The van der Waals surface area contributed by atoms with Crippen LogP contribution in [0.1, 0.15) is 38.6 Å². The highest BCUT2D eigenvalue weighted by Gasteiger charge is 2.21. The summed E-state index contributed by atoms with van der Waals surface area (Å²) in [6.07, 6.45) is 6.35. The number of carbonyl (C=O) groups is 1. The van der Waals surface area contributed by atoms with Crippen LogP contribution in [0.25, 0.3) is 0 Å². The van der Waals surface area contributed by atoms with E-state index in [9.17, 15) is 4.79 Å². The molecule has 22 heavy (non-hydrogen) atoms. The SMILES string of the molecule is CC(C)[C@H](NC(=O)CSCCN1CCCC1)c1nccn1C. The van der Waals surface area contributed by atoms with Crippen LogP contribution in [0.4, 0.5) is 0 Å². The first kappa shape index (κ1) is 17.3. The molecular formula is C16H28N4OS. The molecule has 0 saturated carbocycles. The normalized spacial score (nSPS) is 17.1. The number of aryl methyl sites for hydroxylation is 1. The van der Waals surface area contributed by atoms with Crippen LogP contribution < -0.4 is 5.32 Å². The van der Waals surface area contributed by atoms with Crippen LogP contribution in [0.3, 0.4) is 0 Å². The molecule has 1 saturated heterocycles. The van der Waals surface area contributed by atoms with Crippen molar-refractivity contribution in [3.05, 3.63) is 18.2 Å². The van der Waals surface area contributed by atoms with Crippen molar-refractivity contribution in [1.29, 1.82) is 0 Å². The fraction of sp³-hybridized carbons (Fsp3) is 0.750. The van der Waals surface area contributed by atoms with Gasteiger partial charge in [-0.25, -0.2) is 4.98 Å². The average molecular weight is 324 g/mol. The molecule has 0 spiro atoms. The van der Waals surface area contributed by atoms with Crippen LogP contribution in [0.2, 0.25) is 0 Å². The van der Waals surface area contributed by atoms with Crippen molar-refractivity contribution < 1.29 is 4.79 Å². The zero-order valence-electron chi connectivity index (χ0n) is 13.9. The standard InChI is InChI=1S/C16H28N4OS/c1-13(2)15(16-17-6-9-19(16)3)18-14(21)12-22-11-10-20-7-4-5-8-20/h6,9,13,15H,4-5,7-8,10-12H2,1-3H3,(H,18,21)/t15-/m0/s1. The van der Waals surface area contributed by atoms with E-state index >= 15 is 0 Å². The summed E-state index contributed by atoms with van der Waals surface area (Å²) < 4.78 is 1.98. The number of thioether (sulfide) groups is 1. The van der Waals surface area contributed by atoms with E-state index in [1.807, 2.05) is 17.8 Å². The van der Waals surface area contributed by atoms with Gasteiger partial charge in [0.05, 0.1) is 11.8 Å². The molecule has 0 aliphatic carbocycles. The van der Waals surface area contributed by atoms with Gasteiger partial charge in [0.25, 0.3) is 0 Å². The predicted octanol–water partition coefficient (Wildman–Crippen LogP) is 2.06. The van der Waals surface area contributed by atoms with Crippen LogP contribution in [-0.2, 0) is 11.8 Å². The minimum Gasteiger partial charge on any atom is -0.345 e. The number of aromatic nitrogens is 2. The summed E-state index contributed by atoms with van der Waals surface area (Å²) in [5.41, 5.74) is 0. The molecule has 1 fully saturated rings. The summed E-state index contributed by atoms with van der Waals surface area (Å²) in [5.74, 6) is 2.90. The second kappa shape index (κ2) is 8.58. The van der Waals surface area contributed by atoms with Crippen LogP contribution in [0, 0.1) is 5.92 Å². The van der Waals surface area contributed by atoms with Crippen molar-refractivity contribution in [2.75, 3.05) is 31.1 Å². The van der Waals surface area contributed by atoms with Crippen molar-refractivity contribution in [1.82, 2.24) is 19.8 Å². The van der Waals surface area contributed by atoms with Crippen molar-refractivity contribution in [3.8, 4) is 0 Å². The van der Waals surface area contributed by atoms with E-state index in [1.54, 1.807) is 18.0 Å². The molecule has 0 radical (unpaired) electrons. The third-order valence-corrected chi connectivity index (χ3v) is 5.04. The van der Waals surface area contributed by atoms with Crippen LogP contribution in [0.15, 0.2) is 12.4 Å². The molecule has 2 rings (SSSR count). The van der Waals surface area contributed by atoms with Gasteiger partial charge in [-0.1, -0.05) is 13.8 Å². The molecule has 1 aromatic heterocycles. The van der Waals surface area contributed by atoms with E-state index in [-0.39, 0.29) is 11.9 Å². The Bertz CT molecular complexity index is 468. The average Bonchev–Trinajstić information content (AvgIpc) is 3.12. The highest BCUT2D eigenvalue weighted by molar-refractivity contribution is 7.99. The molecular weight excluding hydrogens is 296 g/mol. The van der Waals surface area contributed by atoms with Gasteiger partial charge in [0.2, 0.25) is 5.91 Å². The first-order valence-corrected chi connectivity index (χ1v) is 9.30. The quantitative estimate of drug-likeness (QED) is 0.744. The number of nitrogens with zero attached hydrogens (tertiary/aromatic N) is 3. The molecule has 124 valence electrons. The molecule has 5 nitrogen and oxygen atoms in total. The Morgan fingerprint density at radius 1 is 1.41 bits per heavy atom. The Morgan fingerprint density at radius 2 is 2.14 bits per heavy atom. The summed E-state index contributed by atoms with van der Waals surface area (Å²) in [6.45, 7) is 7.77. The molecule has 0 bridgehead atoms. The smallest absolute Gasteiger partial charge is 0.230 e. The minimum absolute atomic E-state index is 0.0216. The Balaban J connectivity index is 1.73. The molecule has 1 N–H and O–H groups in total. The second-order valence-corrected chi connectivity index (χ2v) is 7.39. The Hall–Kier alpha value is -1.01. The maximum atomic E-state index is 12.2. The number of amides is 1. The van der Waals surface area contributed by atoms with E-state index in [2.05, 4.69) is 29.0 Å². The van der Waals surface area contributed by atoms with Gasteiger partial charge >= 0.3 is 0 Å². The van der Waals surface area contributed by atoms with Gasteiger partial charge in [0, 0.05) is 31.7 Å². The fourth-order valence-corrected chi connectivity index (χ4v) is 3.59. The second-order valence-electron chi connectivity index (χ2n) is 6.29. The molecule has 6 heteroatoms. The lowest BCUT2D eigenvalue weighted by Crippen LogP contribution is -2.34. The number of hydrogen-bond acceptors (Lipinski definition) is 4. The Labute approximate surface area is 137 Å². The van der Waals surface area contributed by atoms with Crippen LogP contribution in [-0.4, -0.2) is 51.5 Å². The molecule has 2 heterocycles. The molecule has 1 amide bonds. The van der Waals surface area contributed by atoms with Gasteiger partial charge in [0.15, 0.2) is 0 Å². The van der Waals surface area contributed by atoms with E-state index in [4.69, 9.17) is 0 Å². The third-order valence-electron chi connectivity index (χ3n) is 4.10. The van der Waals surface area contributed by atoms with Crippen molar-refractivity contribution in [3.63, 3.8) is 0 Å². The van der Waals surface area contributed by atoms with Gasteiger partial charge in [-0.3, -0.25) is 4.79 Å². The number of hydrogen-bond donors (Lipinski definition) is 1. The number of carbonyl (C=O) groups excluding carboxylic acids is 1. The number of rotatable bonds is 8. The monoisotopic (exact) mass is 324 g/mol. The summed E-state index contributed by atoms with van der Waals surface area (Å²) in [5, 5.41) is 3.13. The van der Waals surface area contributed by atoms with Gasteiger partial charge in [-0.05, 0) is 31.8 Å². The molecule has 1 aromatic rings. The van der Waals surface area contributed by atoms with E-state index in [0.717, 1.165) is 18.1 Å². The maximum Gasteiger partial charge on any atom is 0.230 e. The largest absolute Gasteiger partial charge is 0.345 e. The summed E-state index contributed by atoms with van der Waals surface area (Å²) >= 11 is 1.72. The summed E-state index contributed by atoms with van der Waals surface area (Å²) in [4.78, 5) is 19.0. The lowest BCUT2D eigenvalue weighted by molar-refractivity contribution is -0.119.